The molecule has 5 atom stereocenters. The van der Waals surface area contributed by atoms with Crippen molar-refractivity contribution >= 4 is 38.4 Å². The predicted molar refractivity (Wildman–Crippen MR) is 135 cm³/mol. The van der Waals surface area contributed by atoms with Crippen LogP contribution in [-0.4, -0.2) is 63.3 Å². The molecule has 1 aromatic carbocycles. The number of benzene rings is 1. The van der Waals surface area contributed by atoms with E-state index in [0.717, 1.165) is 24.8 Å². The lowest BCUT2D eigenvalue weighted by Gasteiger charge is -2.26. The van der Waals surface area contributed by atoms with E-state index in [2.05, 4.69) is 5.32 Å². The van der Waals surface area contributed by atoms with Crippen molar-refractivity contribution in [3.8, 4) is 0 Å². The van der Waals surface area contributed by atoms with Crippen LogP contribution in [0.15, 0.2) is 42.5 Å². The van der Waals surface area contributed by atoms with Gasteiger partial charge in [0.25, 0.3) is 0 Å². The van der Waals surface area contributed by atoms with Crippen LogP contribution in [0.25, 0.3) is 0 Å². The maximum Gasteiger partial charge on any atom is 0.508 e. The molecule has 2 N–H and O–H groups in total. The smallest absolute Gasteiger partial charge is 0.431 e. The summed E-state index contributed by atoms with van der Waals surface area (Å²) in [6.45, 7) is -1.49. The Kier molecular flexibility index (Phi) is 13.0. The SMILES string of the molecule is [B][C@@H]1O[C@H](COC(=O)OCc2ccccc2)C(OP(O)(=S)OC)[C@@H]1C/C=C/CCCCNC(C)=O. The van der Waals surface area contributed by atoms with Crippen LogP contribution in [0.3, 0.4) is 0 Å². The first-order chi connectivity index (χ1) is 16.7. The number of hydrogen-bond acceptors (Lipinski definition) is 8. The summed E-state index contributed by atoms with van der Waals surface area (Å²) in [5.41, 5.74) is 0.827. The van der Waals surface area contributed by atoms with E-state index in [4.69, 9.17) is 42.9 Å². The molecular weight excluding hydrogens is 492 g/mol. The Morgan fingerprint density at radius 2 is 1.97 bits per heavy atom. The van der Waals surface area contributed by atoms with Gasteiger partial charge < -0.3 is 33.5 Å². The average Bonchev–Trinajstić information content (AvgIpc) is 3.11. The second-order valence-corrected chi connectivity index (χ2v) is 10.9. The Morgan fingerprint density at radius 3 is 2.66 bits per heavy atom. The quantitative estimate of drug-likeness (QED) is 0.124. The second kappa shape index (κ2) is 15.4. The number of hydrogen-bond donors (Lipinski definition) is 2. The molecule has 0 spiro atoms. The lowest BCUT2D eigenvalue weighted by atomic mass is 9.82. The van der Waals surface area contributed by atoms with Crippen LogP contribution in [-0.2, 0) is 46.5 Å². The van der Waals surface area contributed by atoms with Gasteiger partial charge in [0, 0.05) is 32.5 Å². The molecule has 1 aromatic rings. The van der Waals surface area contributed by atoms with Crippen LogP contribution in [0.5, 0.6) is 0 Å². The van der Waals surface area contributed by atoms with Gasteiger partial charge in [-0.2, -0.15) is 0 Å². The molecule has 1 amide bonds. The highest BCUT2D eigenvalue weighted by atomic mass is 32.5. The standard InChI is InChI=1S/C23H33BNO8PS/c1-17(26)25-14-10-5-3-4-9-13-19-21(33-34(28,35)29-2)20(32-22(19)24)16-31-23(27)30-15-18-11-7-6-8-12-18/h4,6-9,11-12,19-22H,3,5,10,13-16H2,1-2H3,(H,25,26)(H,28,35)/b9-4+/t19-,20+,21?,22+,34?/m0/s1. The Bertz CT molecular complexity index is 874. The van der Waals surface area contributed by atoms with Crippen LogP contribution >= 0.6 is 6.72 Å². The van der Waals surface area contributed by atoms with Crippen LogP contribution in [0.2, 0.25) is 0 Å². The highest BCUT2D eigenvalue weighted by Gasteiger charge is 2.45. The molecule has 2 unspecified atom stereocenters. The van der Waals surface area contributed by atoms with Crippen LogP contribution in [0.4, 0.5) is 4.79 Å². The third-order valence-electron chi connectivity index (χ3n) is 5.34. The van der Waals surface area contributed by atoms with Crippen molar-refractivity contribution in [3.63, 3.8) is 0 Å². The minimum atomic E-state index is -3.52. The summed E-state index contributed by atoms with van der Waals surface area (Å²) in [5, 5.41) is 2.76. The normalized spacial score (nSPS) is 23.6. The number of ether oxygens (including phenoxy) is 3. The van der Waals surface area contributed by atoms with Crippen LogP contribution < -0.4 is 5.32 Å². The van der Waals surface area contributed by atoms with E-state index < -0.39 is 31.1 Å². The van der Waals surface area contributed by atoms with Gasteiger partial charge in [0.05, 0.1) is 0 Å². The molecule has 0 aromatic heterocycles. The second-order valence-electron chi connectivity index (χ2n) is 8.05. The number of amides is 1. The average molecular weight is 525 g/mol. The van der Waals surface area contributed by atoms with E-state index in [0.29, 0.717) is 13.0 Å². The van der Waals surface area contributed by atoms with E-state index in [1.54, 1.807) is 0 Å². The van der Waals surface area contributed by atoms with Crippen molar-refractivity contribution in [1.29, 1.82) is 0 Å². The van der Waals surface area contributed by atoms with Crippen molar-refractivity contribution in [2.45, 2.75) is 57.4 Å². The Balaban J connectivity index is 1.87. The molecule has 1 fully saturated rings. The summed E-state index contributed by atoms with van der Waals surface area (Å²) in [7, 11) is 7.44. The monoisotopic (exact) mass is 525 g/mol. The lowest BCUT2D eigenvalue weighted by Crippen LogP contribution is -2.33. The maximum atomic E-state index is 12.0. The zero-order valence-electron chi connectivity index (χ0n) is 20.0. The van der Waals surface area contributed by atoms with Gasteiger partial charge >= 0.3 is 12.9 Å². The first-order valence-corrected chi connectivity index (χ1v) is 14.0. The lowest BCUT2D eigenvalue weighted by molar-refractivity contribution is -0.118. The van der Waals surface area contributed by atoms with E-state index in [9.17, 15) is 14.5 Å². The van der Waals surface area contributed by atoms with Crippen molar-refractivity contribution in [2.75, 3.05) is 20.3 Å². The third kappa shape index (κ3) is 11.2. The van der Waals surface area contributed by atoms with Crippen LogP contribution in [0.1, 0.15) is 38.2 Å². The number of nitrogens with one attached hydrogen (secondary N) is 1. The Labute approximate surface area is 213 Å². The number of carbonyl (C=O) groups is 2. The molecule has 0 aliphatic carbocycles. The van der Waals surface area contributed by atoms with E-state index in [-0.39, 0.29) is 25.0 Å². The van der Waals surface area contributed by atoms with Crippen molar-refractivity contribution in [1.82, 2.24) is 5.32 Å². The number of rotatable bonds is 14. The van der Waals surface area contributed by atoms with Crippen molar-refractivity contribution < 1.29 is 37.7 Å². The molecule has 2 rings (SSSR count). The fraction of sp³-hybridized carbons (Fsp3) is 0.565. The van der Waals surface area contributed by atoms with E-state index >= 15 is 0 Å². The Morgan fingerprint density at radius 1 is 1.23 bits per heavy atom. The highest BCUT2D eigenvalue weighted by Crippen LogP contribution is 2.48. The number of unbranched alkanes of at least 4 members (excludes halogenated alkanes) is 2. The molecule has 12 heteroatoms. The molecular formula is C23H33BNO8PS. The fourth-order valence-corrected chi connectivity index (χ4v) is 4.50. The molecule has 1 aliphatic heterocycles. The third-order valence-corrected chi connectivity index (χ3v) is 7.02. The molecule has 1 heterocycles. The summed E-state index contributed by atoms with van der Waals surface area (Å²) in [6, 6.07) is 8.49. The number of carbonyl (C=O) groups excluding carboxylic acids is 2. The maximum absolute atomic E-state index is 12.0. The molecule has 9 nitrogen and oxygen atoms in total. The van der Waals surface area contributed by atoms with Gasteiger partial charge in [-0.1, -0.05) is 42.5 Å². The minimum Gasteiger partial charge on any atom is -0.431 e. The predicted octanol–water partition coefficient (Wildman–Crippen LogP) is 3.35. The van der Waals surface area contributed by atoms with Gasteiger partial charge in [-0.05, 0) is 43.1 Å². The van der Waals surface area contributed by atoms with Gasteiger partial charge in [0.15, 0.2) is 0 Å². The van der Waals surface area contributed by atoms with Gasteiger partial charge in [-0.15, -0.1) is 0 Å². The van der Waals surface area contributed by atoms with Gasteiger partial charge in [0.1, 0.15) is 33.3 Å². The highest BCUT2D eigenvalue weighted by molar-refractivity contribution is 8.07. The van der Waals surface area contributed by atoms with Gasteiger partial charge in [0.2, 0.25) is 5.91 Å². The summed E-state index contributed by atoms with van der Waals surface area (Å²) >= 11 is 5.02. The zero-order chi connectivity index (χ0) is 25.7. The molecule has 0 saturated carbocycles. The van der Waals surface area contributed by atoms with E-state index in [1.165, 1.54) is 14.0 Å². The first-order valence-electron chi connectivity index (χ1n) is 11.4. The largest absolute Gasteiger partial charge is 0.508 e. The van der Waals surface area contributed by atoms with Gasteiger partial charge in [-0.25, -0.2) is 4.79 Å². The summed E-state index contributed by atoms with van der Waals surface area (Å²) in [5.74, 6) is -0.380. The van der Waals surface area contributed by atoms with Crippen molar-refractivity contribution in [3.05, 3.63) is 48.0 Å². The molecule has 35 heavy (non-hydrogen) atoms. The molecule has 2 radical (unpaired) electrons. The summed E-state index contributed by atoms with van der Waals surface area (Å²) in [6.07, 6.45) is 4.77. The van der Waals surface area contributed by atoms with Gasteiger partial charge in [-0.3, -0.25) is 4.79 Å². The van der Waals surface area contributed by atoms with E-state index in [1.807, 2.05) is 42.5 Å². The first kappa shape index (κ1) is 29.5. The topological polar surface area (TPSA) is 113 Å². The minimum absolute atomic E-state index is 0.0367. The molecule has 192 valence electrons. The Hall–Kier alpha value is -1.75. The molecule has 1 aliphatic rings. The van der Waals surface area contributed by atoms with Crippen molar-refractivity contribution in [2.24, 2.45) is 5.92 Å². The summed E-state index contributed by atoms with van der Waals surface area (Å²) < 4.78 is 26.7. The molecule has 0 bridgehead atoms. The summed E-state index contributed by atoms with van der Waals surface area (Å²) in [4.78, 5) is 33.2. The van der Waals surface area contributed by atoms with Crippen LogP contribution in [0, 0.1) is 5.92 Å². The fourth-order valence-electron chi connectivity index (χ4n) is 3.52. The molecule has 1 saturated heterocycles. The zero-order valence-corrected chi connectivity index (χ0v) is 21.7. The number of allylic oxidation sites excluding steroid dienone is 2.